The molecule has 1 aliphatic carbocycles. The summed E-state index contributed by atoms with van der Waals surface area (Å²) in [6.07, 6.45) is 9.68. The summed E-state index contributed by atoms with van der Waals surface area (Å²) < 4.78 is 0. The van der Waals surface area contributed by atoms with Gasteiger partial charge in [0.15, 0.2) is 5.82 Å². The smallest absolute Gasteiger partial charge is 0.327 e. The number of anilines is 3. The molecule has 0 radical (unpaired) electrons. The van der Waals surface area contributed by atoms with Crippen LogP contribution in [0.5, 0.6) is 0 Å². The fourth-order valence-corrected chi connectivity index (χ4v) is 5.79. The molecule has 8 heteroatoms. The van der Waals surface area contributed by atoms with Crippen LogP contribution in [-0.2, 0) is 0 Å². The molecule has 35 heavy (non-hydrogen) atoms. The highest BCUT2D eigenvalue weighted by Crippen LogP contribution is 2.36. The van der Waals surface area contributed by atoms with E-state index in [0.717, 1.165) is 25.7 Å². The first kappa shape index (κ1) is 23.8. The monoisotopic (exact) mass is 476 g/mol. The second-order valence-electron chi connectivity index (χ2n) is 10.1. The third-order valence-electron chi connectivity index (χ3n) is 7.66. The summed E-state index contributed by atoms with van der Waals surface area (Å²) in [4.78, 5) is 37.0. The molecule has 3 amide bonds. The molecule has 2 aliphatic heterocycles. The highest BCUT2D eigenvalue weighted by atomic mass is 16.2. The molecular weight excluding hydrogens is 440 g/mol. The second kappa shape index (κ2) is 10.7. The van der Waals surface area contributed by atoms with Crippen LogP contribution in [0.3, 0.4) is 0 Å². The summed E-state index contributed by atoms with van der Waals surface area (Å²) in [5.74, 6) is 0.880. The molecule has 186 valence electrons. The van der Waals surface area contributed by atoms with E-state index in [1.165, 1.54) is 50.0 Å². The molecule has 0 bridgehead atoms. The minimum absolute atomic E-state index is 0.244. The summed E-state index contributed by atoms with van der Waals surface area (Å²) in [7, 11) is 2.30. The minimum Gasteiger partial charge on any atom is -0.336 e. The Morgan fingerprint density at radius 3 is 2.83 bits per heavy atom. The predicted octanol–water partition coefficient (Wildman–Crippen LogP) is 4.08. The van der Waals surface area contributed by atoms with Crippen molar-refractivity contribution in [2.45, 2.75) is 44.6 Å². The zero-order valence-corrected chi connectivity index (χ0v) is 20.6. The highest BCUT2D eigenvalue weighted by Gasteiger charge is 2.31. The van der Waals surface area contributed by atoms with Crippen LogP contribution in [0, 0.1) is 5.92 Å². The number of benzene rings is 1. The molecule has 0 spiro atoms. The number of hydrogen-bond donors (Lipinski definition) is 2. The van der Waals surface area contributed by atoms with Gasteiger partial charge in [0.05, 0.1) is 16.9 Å². The summed E-state index contributed by atoms with van der Waals surface area (Å²) in [6.45, 7) is 4.70. The Labute approximate surface area is 207 Å². The van der Waals surface area contributed by atoms with E-state index in [9.17, 15) is 9.59 Å². The Hall–Kier alpha value is -2.97. The first-order valence-electron chi connectivity index (χ1n) is 13.0. The lowest BCUT2D eigenvalue weighted by atomic mass is 9.94. The number of rotatable bonds is 6. The zero-order valence-electron chi connectivity index (χ0n) is 20.6. The number of urea groups is 1. The summed E-state index contributed by atoms with van der Waals surface area (Å²) in [5.41, 5.74) is 1.50. The fraction of sp³-hybridized carbons (Fsp3) is 0.519. The minimum atomic E-state index is -0.276. The van der Waals surface area contributed by atoms with E-state index in [4.69, 9.17) is 0 Å². The van der Waals surface area contributed by atoms with Crippen molar-refractivity contribution in [3.8, 4) is 0 Å². The van der Waals surface area contributed by atoms with Crippen molar-refractivity contribution in [3.63, 3.8) is 0 Å². The van der Waals surface area contributed by atoms with Crippen LogP contribution < -0.4 is 15.5 Å². The van der Waals surface area contributed by atoms with E-state index in [-0.39, 0.29) is 11.9 Å². The first-order valence-corrected chi connectivity index (χ1v) is 13.0. The van der Waals surface area contributed by atoms with Crippen molar-refractivity contribution in [1.82, 2.24) is 20.1 Å². The molecule has 1 aromatic heterocycles. The fourth-order valence-electron chi connectivity index (χ4n) is 5.79. The maximum absolute atomic E-state index is 13.4. The molecule has 3 heterocycles. The van der Waals surface area contributed by atoms with Gasteiger partial charge in [-0.2, -0.15) is 0 Å². The lowest BCUT2D eigenvalue weighted by molar-refractivity contribution is 0.102. The van der Waals surface area contributed by atoms with E-state index in [1.54, 1.807) is 36.5 Å². The van der Waals surface area contributed by atoms with E-state index in [2.05, 4.69) is 32.5 Å². The van der Waals surface area contributed by atoms with Gasteiger partial charge < -0.3 is 20.4 Å². The van der Waals surface area contributed by atoms with E-state index in [0.29, 0.717) is 35.2 Å². The Bertz CT molecular complexity index is 1050. The number of para-hydroxylation sites is 1. The van der Waals surface area contributed by atoms with Crippen molar-refractivity contribution in [2.24, 2.45) is 5.92 Å². The van der Waals surface area contributed by atoms with Crippen LogP contribution in [0.15, 0.2) is 42.6 Å². The highest BCUT2D eigenvalue weighted by molar-refractivity contribution is 6.16. The van der Waals surface area contributed by atoms with E-state index in [1.807, 2.05) is 6.07 Å². The number of carbonyl (C=O) groups is 2. The van der Waals surface area contributed by atoms with Crippen molar-refractivity contribution < 1.29 is 9.59 Å². The van der Waals surface area contributed by atoms with Gasteiger partial charge in [0.1, 0.15) is 0 Å². The zero-order chi connectivity index (χ0) is 24.2. The van der Waals surface area contributed by atoms with Gasteiger partial charge in [-0.05, 0) is 63.0 Å². The van der Waals surface area contributed by atoms with Gasteiger partial charge in [0.2, 0.25) is 0 Å². The van der Waals surface area contributed by atoms with Gasteiger partial charge in [-0.15, -0.1) is 0 Å². The quantitative estimate of drug-likeness (QED) is 0.657. The largest absolute Gasteiger partial charge is 0.336 e. The van der Waals surface area contributed by atoms with Crippen LogP contribution in [0.25, 0.3) is 0 Å². The van der Waals surface area contributed by atoms with Gasteiger partial charge >= 0.3 is 6.03 Å². The number of likely N-dealkylation sites (tertiary alicyclic amines) is 1. The summed E-state index contributed by atoms with van der Waals surface area (Å²) in [5, 5.41) is 5.94. The van der Waals surface area contributed by atoms with E-state index < -0.39 is 0 Å². The number of nitrogens with zero attached hydrogens (tertiary/aromatic N) is 4. The van der Waals surface area contributed by atoms with Crippen molar-refractivity contribution >= 4 is 29.1 Å². The average molecular weight is 477 g/mol. The molecule has 1 saturated carbocycles. The molecular formula is C27H36N6O2. The molecule has 1 unspecified atom stereocenters. The van der Waals surface area contributed by atoms with Crippen LogP contribution >= 0.6 is 0 Å². The molecule has 2 N–H and O–H groups in total. The molecule has 2 fully saturated rings. The van der Waals surface area contributed by atoms with Gasteiger partial charge in [0.25, 0.3) is 5.91 Å². The van der Waals surface area contributed by atoms with Gasteiger partial charge in [-0.3, -0.25) is 4.79 Å². The van der Waals surface area contributed by atoms with Crippen molar-refractivity contribution in [3.05, 3.63) is 48.2 Å². The predicted molar refractivity (Wildman–Crippen MR) is 138 cm³/mol. The maximum Gasteiger partial charge on any atom is 0.327 e. The third-order valence-corrected chi connectivity index (χ3v) is 7.66. The molecule has 1 atom stereocenters. The molecule has 1 saturated heterocycles. The maximum atomic E-state index is 13.4. The van der Waals surface area contributed by atoms with Crippen LogP contribution in [0.2, 0.25) is 0 Å². The average Bonchev–Trinajstić information content (AvgIpc) is 3.27. The lowest BCUT2D eigenvalue weighted by Gasteiger charge is -2.33. The van der Waals surface area contributed by atoms with Gasteiger partial charge in [-0.1, -0.05) is 31.4 Å². The van der Waals surface area contributed by atoms with Gasteiger partial charge in [-0.25, -0.2) is 14.7 Å². The standard InChI is InChI=1S/C27H36N6O2/c1-31(21-8-3-2-4-9-21)18-20-13-16-32(19-20)17-15-29-27(35)33-24-12-6-5-10-22(24)26(34)30-23-11-7-14-28-25(23)33/h5-7,10-12,14,20-21H,2-4,8-9,13,15-19H2,1H3,(H,29,35)(H,30,34). The summed E-state index contributed by atoms with van der Waals surface area (Å²) in [6, 6.07) is 11.1. The topological polar surface area (TPSA) is 80.8 Å². The number of nitrogens with one attached hydrogen (secondary N) is 2. The van der Waals surface area contributed by atoms with Crippen LogP contribution in [0.4, 0.5) is 22.0 Å². The molecule has 8 nitrogen and oxygen atoms in total. The van der Waals surface area contributed by atoms with Crippen LogP contribution in [0.1, 0.15) is 48.9 Å². The van der Waals surface area contributed by atoms with Crippen LogP contribution in [-0.4, -0.2) is 72.5 Å². The molecule has 3 aliphatic rings. The SMILES string of the molecule is CN(CC1CCN(CCNC(=O)N2c3ccccc3C(=O)Nc3cccnc32)C1)C1CCCCC1. The Kier molecular flexibility index (Phi) is 7.29. The number of aromatic nitrogens is 1. The third kappa shape index (κ3) is 5.33. The Morgan fingerprint density at radius 1 is 1.14 bits per heavy atom. The Morgan fingerprint density at radius 2 is 1.97 bits per heavy atom. The number of carbonyl (C=O) groups excluding carboxylic acids is 2. The number of amides is 3. The number of pyridine rings is 1. The lowest BCUT2D eigenvalue weighted by Crippen LogP contribution is -2.41. The number of hydrogen-bond acceptors (Lipinski definition) is 5. The first-order chi connectivity index (χ1) is 17.1. The normalized spacial score (nSPS) is 20.8. The molecule has 1 aromatic carbocycles. The van der Waals surface area contributed by atoms with Crippen molar-refractivity contribution in [1.29, 1.82) is 0 Å². The number of fused-ring (bicyclic) bond motifs is 2. The van der Waals surface area contributed by atoms with Crippen molar-refractivity contribution in [2.75, 3.05) is 50.0 Å². The molecule has 5 rings (SSSR count). The second-order valence-corrected chi connectivity index (χ2v) is 10.1. The van der Waals surface area contributed by atoms with Gasteiger partial charge in [0, 0.05) is 38.4 Å². The molecule has 2 aromatic rings. The summed E-state index contributed by atoms with van der Waals surface area (Å²) >= 11 is 0. The Balaban J connectivity index is 1.17. The van der Waals surface area contributed by atoms with E-state index >= 15 is 0 Å².